The van der Waals surface area contributed by atoms with Gasteiger partial charge in [-0.25, -0.2) is 0 Å². The molecule has 0 saturated heterocycles. The van der Waals surface area contributed by atoms with E-state index in [4.69, 9.17) is 33.2 Å². The molecule has 0 aromatic rings. The van der Waals surface area contributed by atoms with E-state index in [2.05, 4.69) is 0 Å². The Hall–Kier alpha value is -1.02. The van der Waals surface area contributed by atoms with Gasteiger partial charge in [0.05, 0.1) is 0 Å². The lowest BCUT2D eigenvalue weighted by atomic mass is 13.0. The van der Waals surface area contributed by atoms with Crippen LogP contribution in [0.5, 0.6) is 0 Å². The van der Waals surface area contributed by atoms with E-state index in [9.17, 15) is 0 Å². The molecule has 0 spiro atoms. The highest BCUT2D eigenvalue weighted by Gasteiger charge is 0.973. The van der Waals surface area contributed by atoms with Crippen molar-refractivity contribution < 1.29 is 0 Å². The van der Waals surface area contributed by atoms with Gasteiger partial charge in [-0.1, -0.05) is 0 Å². The third-order valence-electron chi connectivity index (χ3n) is 0. The molecule has 0 aliphatic rings. The van der Waals surface area contributed by atoms with E-state index in [0.29, 0.717) is 0 Å². The largest absolute Gasteiger partial charge is 0.373 e. The summed E-state index contributed by atoms with van der Waals surface area (Å²) in [6.07, 6.45) is 0. The lowest BCUT2D eigenvalue weighted by Crippen LogP contribution is -0.769. The van der Waals surface area contributed by atoms with Crippen LogP contribution in [0.25, 0.3) is 42.4 Å². The number of nitrogens with zero attached hydrogens (tertiary/aromatic N) is 8. The van der Waals surface area contributed by atoms with E-state index in [0.717, 1.165) is 0 Å². The van der Waals surface area contributed by atoms with Crippen LogP contribution in [0.15, 0.2) is 0 Å². The van der Waals surface area contributed by atoms with Crippen molar-refractivity contribution in [2.24, 2.45) is 0 Å². The highest BCUT2D eigenvalue weighted by atomic mass is 32.1. The molecule has 72 valence electrons. The first-order chi connectivity index (χ1) is 4.24. The molecule has 0 heterocycles. The number of rotatable bonds is 0. The minimum absolute atomic E-state index is 0. The maximum atomic E-state index is 6.86. The Morgan fingerprint density at radius 1 is 0.667 bits per heavy atom. The molecule has 9 nitrogen and oxygen atoms in total. The lowest BCUT2D eigenvalue weighted by Gasteiger charge is -1.32. The fraction of sp³-hybridized carbons (Fsp3) is 0. The molecule has 0 rings (SSSR count). The standard InChI is InChI=1S/HN3.2N3.3H2S/c3*1-3-2;;;/h1H;;;3*1H2/q;2*-1;;;. The van der Waals surface area contributed by atoms with Gasteiger partial charge in [0.2, 0.25) is 0 Å². The van der Waals surface area contributed by atoms with Gasteiger partial charge in [0.15, 0.2) is 0 Å². The summed E-state index contributed by atoms with van der Waals surface area (Å²) in [5.41, 5.74) is 39.2. The summed E-state index contributed by atoms with van der Waals surface area (Å²) < 4.78 is 0. The molecule has 0 atom stereocenters. The van der Waals surface area contributed by atoms with Gasteiger partial charge in [-0.3, -0.25) is 9.82 Å². The molecular formula is H7N9S3-2. The second-order valence-electron chi connectivity index (χ2n) is 0.279. The van der Waals surface area contributed by atoms with Crippen molar-refractivity contribution in [3.8, 4) is 0 Å². The maximum Gasteiger partial charge on any atom is -0.00208 e. The van der Waals surface area contributed by atoms with Gasteiger partial charge in [-0.05, 0) is 10.4 Å². The Bertz CT molecular complexity index is 101. The quantitative estimate of drug-likeness (QED) is 0.365. The van der Waals surface area contributed by atoms with Gasteiger partial charge in [-0.2, -0.15) is 40.5 Å². The number of hydrogen-bond acceptors (Lipinski definition) is 1. The molecule has 0 aromatic heterocycles. The Balaban J connectivity index is -0.00000001000. The molecule has 0 radical (unpaired) electrons. The SMILES string of the molecule is S.S.S.[N-]=[N+]=N.[N-]=[N+]=[N-].[N-]=[N+]=[N-]. The van der Waals surface area contributed by atoms with Gasteiger partial charge < -0.3 is 22.1 Å². The summed E-state index contributed by atoms with van der Waals surface area (Å²) in [4.78, 5) is 4.75. The topological polar surface area (TPSA) is 178 Å². The van der Waals surface area contributed by atoms with Crippen molar-refractivity contribution in [2.75, 3.05) is 0 Å². The van der Waals surface area contributed by atoms with Gasteiger partial charge in [-0.15, -0.1) is 5.53 Å². The van der Waals surface area contributed by atoms with Crippen LogP contribution in [0, 0.1) is 5.53 Å². The fourth-order valence-electron chi connectivity index (χ4n) is 0. The second kappa shape index (κ2) is 205. The fourth-order valence-corrected chi connectivity index (χ4v) is 0. The van der Waals surface area contributed by atoms with Crippen molar-refractivity contribution >= 4 is 40.5 Å². The zero-order valence-corrected chi connectivity index (χ0v) is 8.58. The third-order valence-corrected chi connectivity index (χ3v) is 0. The summed E-state index contributed by atoms with van der Waals surface area (Å²) >= 11 is 0. The first-order valence-electron chi connectivity index (χ1n) is 1.22. The predicted molar refractivity (Wildman–Crippen MR) is 60.7 cm³/mol. The van der Waals surface area contributed by atoms with Gasteiger partial charge in [0.1, 0.15) is 0 Å². The Morgan fingerprint density at radius 3 is 0.667 bits per heavy atom. The van der Waals surface area contributed by atoms with Crippen molar-refractivity contribution in [1.29, 1.82) is 5.53 Å². The van der Waals surface area contributed by atoms with E-state index >= 15 is 0 Å². The van der Waals surface area contributed by atoms with E-state index in [1.54, 1.807) is 4.91 Å². The summed E-state index contributed by atoms with van der Waals surface area (Å²) in [7, 11) is 0. The summed E-state index contributed by atoms with van der Waals surface area (Å²) in [5, 5.41) is 0. The predicted octanol–water partition coefficient (Wildman–Crippen LogP) is 2.95. The molecule has 1 N–H and O–H groups in total. The second-order valence-corrected chi connectivity index (χ2v) is 0.279. The molecule has 0 saturated carbocycles. The monoisotopic (exact) mass is 229 g/mol. The zero-order valence-electron chi connectivity index (χ0n) is 5.58. The Morgan fingerprint density at radius 2 is 0.667 bits per heavy atom. The summed E-state index contributed by atoms with van der Waals surface area (Å²) in [6, 6.07) is 0. The van der Waals surface area contributed by atoms with Crippen LogP contribution in [0.4, 0.5) is 0 Å². The summed E-state index contributed by atoms with van der Waals surface area (Å²) in [6.45, 7) is 0. The average molecular weight is 229 g/mol. The van der Waals surface area contributed by atoms with Gasteiger partial charge in [0, 0.05) is 0 Å². The van der Waals surface area contributed by atoms with Crippen LogP contribution in [-0.2, 0) is 0 Å². The molecule has 0 aliphatic carbocycles. The molecule has 0 aliphatic heterocycles. The molecule has 0 bridgehead atoms. The smallest absolute Gasteiger partial charge is 0.00208 e. The normalized spacial score (nSPS) is 2.00. The molecule has 0 aromatic carbocycles. The van der Waals surface area contributed by atoms with Crippen molar-refractivity contribution in [3.05, 3.63) is 42.4 Å². The highest BCUT2D eigenvalue weighted by Crippen LogP contribution is 1.29. The van der Waals surface area contributed by atoms with Gasteiger partial charge in [0.25, 0.3) is 0 Å². The van der Waals surface area contributed by atoms with Crippen molar-refractivity contribution in [1.82, 2.24) is 0 Å². The minimum atomic E-state index is 0. The number of hydrogen-bond donors (Lipinski definition) is 1. The lowest BCUT2D eigenvalue weighted by molar-refractivity contribution is 1.45. The van der Waals surface area contributed by atoms with Gasteiger partial charge >= 0.3 is 0 Å². The van der Waals surface area contributed by atoms with Crippen LogP contribution in [-0.4, -0.2) is 0 Å². The van der Waals surface area contributed by atoms with Crippen LogP contribution >= 0.6 is 40.5 Å². The first kappa shape index (κ1) is 44.1. The van der Waals surface area contributed by atoms with Crippen molar-refractivity contribution in [2.45, 2.75) is 0 Å². The molecule has 0 unspecified atom stereocenters. The number of nitrogens with one attached hydrogen (secondary N) is 1. The van der Waals surface area contributed by atoms with E-state index < -0.39 is 0 Å². The van der Waals surface area contributed by atoms with E-state index in [1.165, 1.54) is 9.82 Å². The van der Waals surface area contributed by atoms with Crippen molar-refractivity contribution in [3.63, 3.8) is 0 Å². The third kappa shape index (κ3) is 550. The van der Waals surface area contributed by atoms with E-state index in [1.807, 2.05) is 0 Å². The van der Waals surface area contributed by atoms with Crippen LogP contribution in [0.2, 0.25) is 0 Å². The molecular weight excluding hydrogens is 222 g/mol. The maximum absolute atomic E-state index is 6.86. The minimum Gasteiger partial charge on any atom is -0.373 e. The molecule has 0 amide bonds. The van der Waals surface area contributed by atoms with Crippen LogP contribution < -0.4 is 0 Å². The van der Waals surface area contributed by atoms with E-state index in [-0.39, 0.29) is 40.5 Å². The summed E-state index contributed by atoms with van der Waals surface area (Å²) in [5.74, 6) is 0. The van der Waals surface area contributed by atoms with Crippen LogP contribution in [0.1, 0.15) is 0 Å². The van der Waals surface area contributed by atoms with Crippen LogP contribution in [0.3, 0.4) is 0 Å². The highest BCUT2D eigenvalue weighted by molar-refractivity contribution is 7.59. The zero-order chi connectivity index (χ0) is 8.12. The molecule has 12 heavy (non-hydrogen) atoms. The molecule has 12 heteroatoms. The molecule has 0 fully saturated rings. The Kier molecular flexibility index (Phi) is 754. The first-order valence-corrected chi connectivity index (χ1v) is 1.22. The average Bonchev–Trinajstić information content (AvgIpc) is 1.70. The Labute approximate surface area is 88.7 Å².